The van der Waals surface area contributed by atoms with Crippen molar-refractivity contribution >= 4 is 5.97 Å². The number of esters is 1. The summed E-state index contributed by atoms with van der Waals surface area (Å²) in [4.78, 5) is 11.4. The summed E-state index contributed by atoms with van der Waals surface area (Å²) in [5.74, 6) is -0.269. The van der Waals surface area contributed by atoms with E-state index in [1.807, 2.05) is 0 Å². The number of halogens is 1. The Bertz CT molecular complexity index is 809. The number of ether oxygens (including phenoxy) is 1. The maximum absolute atomic E-state index is 13.7. The molecule has 3 aromatic rings. The maximum Gasteiger partial charge on any atom is 0.337 e. The summed E-state index contributed by atoms with van der Waals surface area (Å²) in [6.07, 6.45) is 0. The Kier molecular flexibility index (Phi) is 3.70. The predicted molar refractivity (Wildman–Crippen MR) is 78.7 cm³/mol. The topological polar surface area (TPSA) is 52.3 Å². The standard InChI is InChI=1S/C17H12FNO3/c1-21-17(20)12-8-6-11(7-9-12)16-10-15(19-22-16)13-4-2-3-5-14(13)18/h2-10H,1H3. The van der Waals surface area contributed by atoms with Crippen molar-refractivity contribution in [2.24, 2.45) is 0 Å². The molecule has 0 saturated heterocycles. The number of carbonyl (C=O) groups excluding carboxylic acids is 1. The van der Waals surface area contributed by atoms with E-state index in [1.54, 1.807) is 48.5 Å². The van der Waals surface area contributed by atoms with Gasteiger partial charge in [-0.1, -0.05) is 29.4 Å². The van der Waals surface area contributed by atoms with E-state index >= 15 is 0 Å². The largest absolute Gasteiger partial charge is 0.465 e. The number of hydrogen-bond acceptors (Lipinski definition) is 4. The lowest BCUT2D eigenvalue weighted by Gasteiger charge is -1.99. The van der Waals surface area contributed by atoms with E-state index in [9.17, 15) is 9.18 Å². The Hall–Kier alpha value is -2.95. The molecule has 0 amide bonds. The Balaban J connectivity index is 1.91. The average molecular weight is 297 g/mol. The average Bonchev–Trinajstić information content (AvgIpc) is 3.04. The molecule has 0 N–H and O–H groups in total. The minimum atomic E-state index is -0.406. The van der Waals surface area contributed by atoms with Gasteiger partial charge in [0.25, 0.3) is 0 Å². The molecule has 0 spiro atoms. The fourth-order valence-corrected chi connectivity index (χ4v) is 2.10. The lowest BCUT2D eigenvalue weighted by Crippen LogP contribution is -2.00. The molecule has 0 aliphatic heterocycles. The normalized spacial score (nSPS) is 10.5. The molecule has 5 heteroatoms. The monoisotopic (exact) mass is 297 g/mol. The zero-order valence-electron chi connectivity index (χ0n) is 11.7. The van der Waals surface area contributed by atoms with Crippen molar-refractivity contribution in [1.82, 2.24) is 5.16 Å². The minimum Gasteiger partial charge on any atom is -0.465 e. The molecule has 0 saturated carbocycles. The van der Waals surface area contributed by atoms with Gasteiger partial charge in [0.05, 0.1) is 12.7 Å². The van der Waals surface area contributed by atoms with Crippen LogP contribution in [-0.2, 0) is 4.74 Å². The molecule has 0 bridgehead atoms. The SMILES string of the molecule is COC(=O)c1ccc(-c2cc(-c3ccccc3F)no2)cc1. The smallest absolute Gasteiger partial charge is 0.337 e. The molecule has 0 aliphatic carbocycles. The number of nitrogens with zero attached hydrogens (tertiary/aromatic N) is 1. The number of benzene rings is 2. The second-order valence-electron chi connectivity index (χ2n) is 4.63. The van der Waals surface area contributed by atoms with E-state index in [4.69, 9.17) is 4.52 Å². The first kappa shape index (κ1) is 14.0. The van der Waals surface area contributed by atoms with Gasteiger partial charge in [0.2, 0.25) is 0 Å². The van der Waals surface area contributed by atoms with Crippen LogP contribution in [0.25, 0.3) is 22.6 Å². The molecule has 0 unspecified atom stereocenters. The third-order valence-corrected chi connectivity index (χ3v) is 3.25. The van der Waals surface area contributed by atoms with E-state index in [2.05, 4.69) is 9.89 Å². The fourth-order valence-electron chi connectivity index (χ4n) is 2.10. The third-order valence-electron chi connectivity index (χ3n) is 3.25. The molecule has 0 aliphatic rings. The molecule has 3 rings (SSSR count). The number of rotatable bonds is 3. The van der Waals surface area contributed by atoms with Gasteiger partial charge in [-0.25, -0.2) is 9.18 Å². The maximum atomic E-state index is 13.7. The Labute approximate surface area is 126 Å². The summed E-state index contributed by atoms with van der Waals surface area (Å²) < 4.78 is 23.6. The minimum absolute atomic E-state index is 0.358. The fraction of sp³-hybridized carbons (Fsp3) is 0.0588. The molecular formula is C17H12FNO3. The van der Waals surface area contributed by atoms with E-state index in [1.165, 1.54) is 13.2 Å². The van der Waals surface area contributed by atoms with Crippen molar-refractivity contribution in [2.75, 3.05) is 7.11 Å². The van der Waals surface area contributed by atoms with Crippen molar-refractivity contribution in [3.8, 4) is 22.6 Å². The van der Waals surface area contributed by atoms with Crippen LogP contribution in [0.2, 0.25) is 0 Å². The van der Waals surface area contributed by atoms with Crippen LogP contribution in [0.1, 0.15) is 10.4 Å². The van der Waals surface area contributed by atoms with Crippen LogP contribution in [0, 0.1) is 5.82 Å². The second-order valence-corrected chi connectivity index (χ2v) is 4.63. The first-order valence-corrected chi connectivity index (χ1v) is 6.59. The van der Waals surface area contributed by atoms with Crippen LogP contribution in [0.15, 0.2) is 59.1 Å². The number of hydrogen-bond donors (Lipinski definition) is 0. The van der Waals surface area contributed by atoms with Gasteiger partial charge in [0.1, 0.15) is 11.5 Å². The zero-order valence-corrected chi connectivity index (χ0v) is 11.7. The van der Waals surface area contributed by atoms with E-state index in [0.717, 1.165) is 5.56 Å². The van der Waals surface area contributed by atoms with Crippen LogP contribution < -0.4 is 0 Å². The van der Waals surface area contributed by atoms with E-state index < -0.39 is 5.97 Å². The summed E-state index contributed by atoms with van der Waals surface area (Å²) in [5, 5.41) is 3.89. The van der Waals surface area contributed by atoms with Crippen molar-refractivity contribution in [1.29, 1.82) is 0 Å². The van der Waals surface area contributed by atoms with E-state index in [0.29, 0.717) is 22.6 Å². The number of methoxy groups -OCH3 is 1. The van der Waals surface area contributed by atoms with Gasteiger partial charge < -0.3 is 9.26 Å². The first-order valence-electron chi connectivity index (χ1n) is 6.59. The Morgan fingerprint density at radius 2 is 1.86 bits per heavy atom. The molecule has 0 atom stereocenters. The summed E-state index contributed by atoms with van der Waals surface area (Å²) in [6.45, 7) is 0. The van der Waals surface area contributed by atoms with Gasteiger partial charge in [-0.3, -0.25) is 0 Å². The van der Waals surface area contributed by atoms with Gasteiger partial charge in [-0.2, -0.15) is 0 Å². The quantitative estimate of drug-likeness (QED) is 0.687. The van der Waals surface area contributed by atoms with Crippen molar-refractivity contribution in [3.05, 3.63) is 66.0 Å². The van der Waals surface area contributed by atoms with Crippen LogP contribution in [0.5, 0.6) is 0 Å². The number of aromatic nitrogens is 1. The highest BCUT2D eigenvalue weighted by molar-refractivity contribution is 5.89. The first-order chi connectivity index (χ1) is 10.7. The van der Waals surface area contributed by atoms with Crippen molar-refractivity contribution in [3.63, 3.8) is 0 Å². The third kappa shape index (κ3) is 2.61. The lowest BCUT2D eigenvalue weighted by atomic mass is 10.1. The number of carbonyl (C=O) groups is 1. The summed E-state index contributed by atoms with van der Waals surface area (Å²) in [7, 11) is 1.33. The molecule has 22 heavy (non-hydrogen) atoms. The summed E-state index contributed by atoms with van der Waals surface area (Å²) in [6, 6.07) is 14.7. The van der Waals surface area contributed by atoms with Crippen LogP contribution >= 0.6 is 0 Å². The Morgan fingerprint density at radius 3 is 2.55 bits per heavy atom. The Morgan fingerprint density at radius 1 is 1.14 bits per heavy atom. The van der Waals surface area contributed by atoms with Gasteiger partial charge in [0.15, 0.2) is 5.76 Å². The highest BCUT2D eigenvalue weighted by Crippen LogP contribution is 2.27. The summed E-state index contributed by atoms with van der Waals surface area (Å²) >= 11 is 0. The second kappa shape index (κ2) is 5.81. The molecule has 110 valence electrons. The molecule has 2 aromatic carbocycles. The highest BCUT2D eigenvalue weighted by atomic mass is 19.1. The van der Waals surface area contributed by atoms with Gasteiger partial charge in [0, 0.05) is 17.2 Å². The molecule has 0 fully saturated rings. The van der Waals surface area contributed by atoms with Gasteiger partial charge in [-0.15, -0.1) is 0 Å². The van der Waals surface area contributed by atoms with Crippen LogP contribution in [0.3, 0.4) is 0 Å². The van der Waals surface area contributed by atoms with Crippen LogP contribution in [-0.4, -0.2) is 18.2 Å². The van der Waals surface area contributed by atoms with Crippen LogP contribution in [0.4, 0.5) is 4.39 Å². The lowest BCUT2D eigenvalue weighted by molar-refractivity contribution is 0.0601. The molecule has 4 nitrogen and oxygen atoms in total. The van der Waals surface area contributed by atoms with E-state index in [-0.39, 0.29) is 5.82 Å². The molecule has 1 aromatic heterocycles. The molecule has 0 radical (unpaired) electrons. The summed E-state index contributed by atoms with van der Waals surface area (Å²) in [5.41, 5.74) is 1.98. The predicted octanol–water partition coefficient (Wildman–Crippen LogP) is 3.93. The zero-order chi connectivity index (χ0) is 15.5. The molecular weight excluding hydrogens is 285 g/mol. The van der Waals surface area contributed by atoms with Crippen molar-refractivity contribution in [2.45, 2.75) is 0 Å². The highest BCUT2D eigenvalue weighted by Gasteiger charge is 2.12. The van der Waals surface area contributed by atoms with Crippen molar-refractivity contribution < 1.29 is 18.4 Å². The van der Waals surface area contributed by atoms with Gasteiger partial charge >= 0.3 is 5.97 Å². The molecule has 1 heterocycles. The van der Waals surface area contributed by atoms with Gasteiger partial charge in [-0.05, 0) is 24.3 Å².